The molecule has 0 amide bonds. The van der Waals surface area contributed by atoms with Crippen LogP contribution in [0.5, 0.6) is 0 Å². The second-order valence-corrected chi connectivity index (χ2v) is 9.89. The van der Waals surface area contributed by atoms with Crippen molar-refractivity contribution in [1.29, 1.82) is 0 Å². The molecule has 0 saturated heterocycles. The SMILES string of the molecule is CCOC(=O)c1ccc(N=[N+]=[N-])c(C#C[Si](C)(C)C)c1. The number of esters is 1. The van der Waals surface area contributed by atoms with Gasteiger partial charge in [-0.15, -0.1) is 5.54 Å². The van der Waals surface area contributed by atoms with Gasteiger partial charge in [0.05, 0.1) is 17.9 Å². The summed E-state index contributed by atoms with van der Waals surface area (Å²) in [5.41, 5.74) is 13.1. The van der Waals surface area contributed by atoms with E-state index < -0.39 is 14.0 Å². The standard InChI is InChI=1S/C14H17N3O2Si/c1-5-19-14(18)12-6-7-13(16-17-15)11(10-12)8-9-20(2,3)4/h6-7,10H,5H2,1-4H3. The number of hydrogen-bond donors (Lipinski definition) is 0. The smallest absolute Gasteiger partial charge is 0.338 e. The zero-order chi connectivity index (χ0) is 15.2. The third-order valence-electron chi connectivity index (χ3n) is 2.23. The number of carbonyl (C=O) groups is 1. The normalized spacial score (nSPS) is 10.0. The Morgan fingerprint density at radius 2 is 2.15 bits per heavy atom. The minimum Gasteiger partial charge on any atom is -0.462 e. The molecule has 0 aliphatic carbocycles. The van der Waals surface area contributed by atoms with E-state index in [0.29, 0.717) is 23.4 Å². The van der Waals surface area contributed by atoms with Gasteiger partial charge in [-0.25, -0.2) is 4.79 Å². The van der Waals surface area contributed by atoms with Crippen LogP contribution < -0.4 is 0 Å². The molecule has 0 atom stereocenters. The van der Waals surface area contributed by atoms with Crippen molar-refractivity contribution >= 4 is 19.7 Å². The molecule has 0 N–H and O–H groups in total. The predicted octanol–water partition coefficient (Wildman–Crippen LogP) is 4.03. The zero-order valence-electron chi connectivity index (χ0n) is 12.1. The van der Waals surface area contributed by atoms with Gasteiger partial charge in [0.15, 0.2) is 0 Å². The maximum Gasteiger partial charge on any atom is 0.338 e. The molecule has 20 heavy (non-hydrogen) atoms. The molecule has 0 aliphatic heterocycles. The van der Waals surface area contributed by atoms with Crippen LogP contribution in [0.1, 0.15) is 22.8 Å². The van der Waals surface area contributed by atoms with Crippen LogP contribution in [0.4, 0.5) is 5.69 Å². The number of rotatable bonds is 3. The number of benzene rings is 1. The highest BCUT2D eigenvalue weighted by atomic mass is 28.3. The van der Waals surface area contributed by atoms with Gasteiger partial charge in [-0.05, 0) is 24.6 Å². The first-order valence-electron chi connectivity index (χ1n) is 6.27. The molecule has 0 aromatic heterocycles. The summed E-state index contributed by atoms with van der Waals surface area (Å²) in [6.07, 6.45) is 0. The molecule has 0 unspecified atom stereocenters. The molecule has 0 bridgehead atoms. The molecule has 6 heteroatoms. The van der Waals surface area contributed by atoms with Gasteiger partial charge in [0.2, 0.25) is 0 Å². The summed E-state index contributed by atoms with van der Waals surface area (Å²) in [7, 11) is -1.56. The van der Waals surface area contributed by atoms with Crippen LogP contribution in [0.3, 0.4) is 0 Å². The number of ether oxygens (including phenoxy) is 1. The molecule has 0 aliphatic rings. The fourth-order valence-electron chi connectivity index (χ4n) is 1.37. The fourth-order valence-corrected chi connectivity index (χ4v) is 1.88. The Morgan fingerprint density at radius 3 is 2.70 bits per heavy atom. The van der Waals surface area contributed by atoms with E-state index in [1.807, 2.05) is 0 Å². The molecule has 0 radical (unpaired) electrons. The summed E-state index contributed by atoms with van der Waals surface area (Å²) in [5.74, 6) is 2.61. The van der Waals surface area contributed by atoms with E-state index in [2.05, 4.69) is 41.1 Å². The van der Waals surface area contributed by atoms with Crippen molar-refractivity contribution in [3.63, 3.8) is 0 Å². The lowest BCUT2D eigenvalue weighted by molar-refractivity contribution is 0.0526. The Labute approximate surface area is 119 Å². The number of hydrogen-bond acceptors (Lipinski definition) is 3. The Bertz CT molecular complexity index is 618. The van der Waals surface area contributed by atoms with Crippen LogP contribution in [0.25, 0.3) is 10.4 Å². The van der Waals surface area contributed by atoms with E-state index in [0.717, 1.165) is 0 Å². The van der Waals surface area contributed by atoms with Crippen molar-refractivity contribution in [3.8, 4) is 11.5 Å². The molecule has 0 heterocycles. The predicted molar refractivity (Wildman–Crippen MR) is 81.4 cm³/mol. The molecular formula is C14H17N3O2Si. The summed E-state index contributed by atoms with van der Waals surface area (Å²) < 4.78 is 4.95. The van der Waals surface area contributed by atoms with Crippen LogP contribution in [0, 0.1) is 11.5 Å². The quantitative estimate of drug-likeness (QED) is 0.210. The molecule has 1 rings (SSSR count). The van der Waals surface area contributed by atoms with E-state index in [9.17, 15) is 4.79 Å². The minimum atomic E-state index is -1.56. The highest BCUT2D eigenvalue weighted by Crippen LogP contribution is 2.21. The van der Waals surface area contributed by atoms with Crippen LogP contribution in [-0.4, -0.2) is 20.7 Å². The molecule has 0 saturated carbocycles. The summed E-state index contributed by atoms with van der Waals surface area (Å²) in [5, 5.41) is 3.60. The van der Waals surface area contributed by atoms with Crippen LogP contribution >= 0.6 is 0 Å². The molecule has 1 aromatic rings. The maximum atomic E-state index is 11.7. The van der Waals surface area contributed by atoms with Gasteiger partial charge < -0.3 is 4.74 Å². The van der Waals surface area contributed by atoms with Gasteiger partial charge in [-0.3, -0.25) is 0 Å². The third-order valence-corrected chi connectivity index (χ3v) is 3.11. The Hall–Kier alpha value is -2.22. The largest absolute Gasteiger partial charge is 0.462 e. The van der Waals surface area contributed by atoms with E-state index in [1.165, 1.54) is 0 Å². The first kappa shape index (κ1) is 15.8. The average molecular weight is 287 g/mol. The van der Waals surface area contributed by atoms with E-state index >= 15 is 0 Å². The van der Waals surface area contributed by atoms with Gasteiger partial charge in [0.1, 0.15) is 8.07 Å². The number of carbonyl (C=O) groups excluding carboxylic acids is 1. The van der Waals surface area contributed by atoms with Crippen molar-refractivity contribution in [3.05, 3.63) is 39.8 Å². The molecule has 1 aromatic carbocycles. The highest BCUT2D eigenvalue weighted by Gasteiger charge is 2.11. The monoisotopic (exact) mass is 287 g/mol. The number of azide groups is 1. The molecule has 0 fully saturated rings. The van der Waals surface area contributed by atoms with Gasteiger partial charge >= 0.3 is 5.97 Å². The van der Waals surface area contributed by atoms with Gasteiger partial charge in [-0.2, -0.15) is 0 Å². The maximum absolute atomic E-state index is 11.7. The van der Waals surface area contributed by atoms with Crippen LogP contribution in [0.2, 0.25) is 19.6 Å². The Kier molecular flexibility index (Phi) is 5.39. The third kappa shape index (κ3) is 4.80. The van der Waals surface area contributed by atoms with E-state index in [-0.39, 0.29) is 0 Å². The van der Waals surface area contributed by atoms with Crippen molar-refractivity contribution in [2.24, 2.45) is 5.11 Å². The van der Waals surface area contributed by atoms with Crippen molar-refractivity contribution < 1.29 is 9.53 Å². The Balaban J connectivity index is 3.28. The summed E-state index contributed by atoms with van der Waals surface area (Å²) in [6.45, 7) is 8.40. The van der Waals surface area contributed by atoms with E-state index in [1.54, 1.807) is 25.1 Å². The van der Waals surface area contributed by atoms with Crippen molar-refractivity contribution in [2.75, 3.05) is 6.61 Å². The average Bonchev–Trinajstić information content (AvgIpc) is 2.37. The summed E-state index contributed by atoms with van der Waals surface area (Å²) >= 11 is 0. The first-order valence-corrected chi connectivity index (χ1v) is 9.77. The first-order chi connectivity index (χ1) is 9.37. The van der Waals surface area contributed by atoms with Crippen LogP contribution in [-0.2, 0) is 4.74 Å². The van der Waals surface area contributed by atoms with Crippen molar-refractivity contribution in [1.82, 2.24) is 0 Å². The van der Waals surface area contributed by atoms with Gasteiger partial charge in [0, 0.05) is 10.5 Å². The van der Waals surface area contributed by atoms with Crippen LogP contribution in [0.15, 0.2) is 23.3 Å². The number of nitrogens with zero attached hydrogens (tertiary/aromatic N) is 3. The molecular weight excluding hydrogens is 270 g/mol. The Morgan fingerprint density at radius 1 is 1.45 bits per heavy atom. The molecule has 5 nitrogen and oxygen atoms in total. The molecule has 0 spiro atoms. The van der Waals surface area contributed by atoms with Gasteiger partial charge in [-0.1, -0.05) is 36.7 Å². The molecule has 104 valence electrons. The van der Waals surface area contributed by atoms with Gasteiger partial charge in [0.25, 0.3) is 0 Å². The topological polar surface area (TPSA) is 75.1 Å². The fraction of sp³-hybridized carbons (Fsp3) is 0.357. The summed E-state index contributed by atoms with van der Waals surface area (Å²) in [4.78, 5) is 14.5. The lowest BCUT2D eigenvalue weighted by Gasteiger charge is -2.06. The minimum absolute atomic E-state index is 0.312. The van der Waals surface area contributed by atoms with Crippen molar-refractivity contribution in [2.45, 2.75) is 26.6 Å². The summed E-state index contributed by atoms with van der Waals surface area (Å²) in [6, 6.07) is 4.76. The highest BCUT2D eigenvalue weighted by molar-refractivity contribution is 6.83. The second-order valence-electron chi connectivity index (χ2n) is 5.14. The second kappa shape index (κ2) is 6.80. The van der Waals surface area contributed by atoms with E-state index in [4.69, 9.17) is 10.3 Å². The zero-order valence-corrected chi connectivity index (χ0v) is 13.1. The lowest BCUT2D eigenvalue weighted by Crippen LogP contribution is -2.16. The lowest BCUT2D eigenvalue weighted by atomic mass is 10.1.